The lowest BCUT2D eigenvalue weighted by molar-refractivity contribution is 0.0927. The number of aromatic nitrogens is 5. The summed E-state index contributed by atoms with van der Waals surface area (Å²) in [5.41, 5.74) is 5.48. The molecule has 196 valence electrons. The van der Waals surface area contributed by atoms with Crippen LogP contribution in [0.3, 0.4) is 0 Å². The van der Waals surface area contributed by atoms with Gasteiger partial charge in [0.25, 0.3) is 17.6 Å². The lowest BCUT2D eigenvalue weighted by Crippen LogP contribution is -2.30. The van der Waals surface area contributed by atoms with Crippen LogP contribution < -0.4 is 16.4 Å². The minimum absolute atomic E-state index is 0.00668. The van der Waals surface area contributed by atoms with E-state index in [0.29, 0.717) is 23.1 Å². The summed E-state index contributed by atoms with van der Waals surface area (Å²) < 4.78 is 6.29. The summed E-state index contributed by atoms with van der Waals surface area (Å²) in [5.74, 6) is -1.37. The maximum atomic E-state index is 13.4. The lowest BCUT2D eigenvalue weighted by Gasteiger charge is -2.16. The van der Waals surface area contributed by atoms with Crippen LogP contribution in [0.5, 0.6) is 0 Å². The van der Waals surface area contributed by atoms with E-state index in [-0.39, 0.29) is 35.5 Å². The van der Waals surface area contributed by atoms with Gasteiger partial charge < -0.3 is 15.1 Å². The number of nitrogens with one attached hydrogen (secondary N) is 3. The topological polar surface area (TPSA) is 164 Å². The van der Waals surface area contributed by atoms with Gasteiger partial charge in [0.15, 0.2) is 11.4 Å². The molecule has 12 nitrogen and oxygen atoms in total. The number of amides is 2. The molecular formula is C27H23N7O5. The van der Waals surface area contributed by atoms with Crippen molar-refractivity contribution in [1.29, 1.82) is 0 Å². The predicted molar refractivity (Wildman–Crippen MR) is 138 cm³/mol. The van der Waals surface area contributed by atoms with Gasteiger partial charge in [0.05, 0.1) is 11.6 Å². The summed E-state index contributed by atoms with van der Waals surface area (Å²) in [6.07, 6.45) is 2.70. The molecule has 0 unspecified atom stereocenters. The third-order valence-corrected chi connectivity index (χ3v) is 7.03. The minimum Gasteiger partial charge on any atom is -0.408 e. The van der Waals surface area contributed by atoms with Gasteiger partial charge in [0.2, 0.25) is 0 Å². The Hall–Kier alpha value is -5.13. The van der Waals surface area contributed by atoms with Crippen molar-refractivity contribution in [3.05, 3.63) is 92.5 Å². The van der Waals surface area contributed by atoms with Crippen molar-refractivity contribution in [2.75, 3.05) is 0 Å². The monoisotopic (exact) mass is 525 g/mol. The van der Waals surface area contributed by atoms with E-state index in [0.717, 1.165) is 28.7 Å². The van der Waals surface area contributed by atoms with Gasteiger partial charge in [-0.25, -0.2) is 9.78 Å². The molecule has 0 fully saturated rings. The number of Topliss-reactive ketones (excluding diaryl/α,β-unsaturated/α-hetero) is 1. The first-order valence-electron chi connectivity index (χ1n) is 12.3. The molecule has 3 N–H and O–H groups in total. The van der Waals surface area contributed by atoms with Crippen molar-refractivity contribution >= 4 is 34.5 Å². The fourth-order valence-electron chi connectivity index (χ4n) is 5.12. The Morgan fingerprint density at radius 2 is 2.00 bits per heavy atom. The van der Waals surface area contributed by atoms with Crippen LogP contribution in [0.2, 0.25) is 0 Å². The number of carbonyl (C=O) groups is 3. The van der Waals surface area contributed by atoms with Crippen LogP contribution in [0.25, 0.3) is 16.9 Å². The van der Waals surface area contributed by atoms with Gasteiger partial charge in [0, 0.05) is 18.2 Å². The Bertz CT molecular complexity index is 1870. The molecule has 12 heteroatoms. The highest BCUT2D eigenvalue weighted by molar-refractivity contribution is 5.98. The molecule has 39 heavy (non-hydrogen) atoms. The van der Waals surface area contributed by atoms with Crippen molar-refractivity contribution < 1.29 is 18.8 Å². The van der Waals surface area contributed by atoms with Crippen molar-refractivity contribution in [2.45, 2.75) is 39.3 Å². The molecule has 0 aliphatic heterocycles. The van der Waals surface area contributed by atoms with Gasteiger partial charge >= 0.3 is 5.76 Å². The normalized spacial score (nSPS) is 14.5. The Morgan fingerprint density at radius 1 is 1.15 bits per heavy atom. The average Bonchev–Trinajstić information content (AvgIpc) is 3.64. The summed E-state index contributed by atoms with van der Waals surface area (Å²) in [6.45, 7) is 3.63. The molecule has 3 aromatic heterocycles. The molecule has 6 rings (SSSR count). The number of hydrogen-bond acceptors (Lipinski definition) is 8. The Morgan fingerprint density at radius 3 is 2.82 bits per heavy atom. The zero-order chi connectivity index (χ0) is 27.3. The van der Waals surface area contributed by atoms with E-state index < -0.39 is 17.6 Å². The molecule has 1 atom stereocenters. The van der Waals surface area contributed by atoms with Crippen LogP contribution in [-0.2, 0) is 13.0 Å². The zero-order valence-corrected chi connectivity index (χ0v) is 21.1. The number of oxazole rings is 1. The second-order valence-corrected chi connectivity index (χ2v) is 9.45. The molecule has 0 radical (unpaired) electrons. The molecule has 2 amide bonds. The Kier molecular flexibility index (Phi) is 5.78. The highest BCUT2D eigenvalue weighted by atomic mass is 16.4. The second kappa shape index (κ2) is 9.31. The third-order valence-electron chi connectivity index (χ3n) is 7.03. The first-order valence-corrected chi connectivity index (χ1v) is 12.3. The molecule has 2 aromatic carbocycles. The summed E-state index contributed by atoms with van der Waals surface area (Å²) in [5, 5.41) is 9.92. The maximum absolute atomic E-state index is 13.4. The highest BCUT2D eigenvalue weighted by Crippen LogP contribution is 2.35. The fourth-order valence-corrected chi connectivity index (χ4v) is 5.12. The molecule has 0 spiro atoms. The van der Waals surface area contributed by atoms with E-state index in [4.69, 9.17) is 4.42 Å². The van der Waals surface area contributed by atoms with Crippen molar-refractivity contribution in [3.63, 3.8) is 0 Å². The minimum atomic E-state index is -0.556. The van der Waals surface area contributed by atoms with Gasteiger partial charge in [-0.2, -0.15) is 14.6 Å². The Labute approximate surface area is 220 Å². The largest absolute Gasteiger partial charge is 0.417 e. The van der Waals surface area contributed by atoms with E-state index in [9.17, 15) is 19.2 Å². The molecule has 0 bridgehead atoms. The Balaban J connectivity index is 1.23. The van der Waals surface area contributed by atoms with Crippen molar-refractivity contribution in [2.24, 2.45) is 0 Å². The summed E-state index contributed by atoms with van der Waals surface area (Å²) in [4.78, 5) is 60.6. The van der Waals surface area contributed by atoms with E-state index >= 15 is 0 Å². The molecular weight excluding hydrogens is 502 g/mol. The number of H-pyrrole nitrogens is 1. The van der Waals surface area contributed by atoms with Crippen LogP contribution in [0.1, 0.15) is 73.0 Å². The highest BCUT2D eigenvalue weighted by Gasteiger charge is 2.28. The molecule has 1 aliphatic carbocycles. The number of carbonyl (C=O) groups excluding carboxylic acids is 3. The van der Waals surface area contributed by atoms with E-state index in [1.807, 2.05) is 13.0 Å². The molecule has 0 saturated heterocycles. The number of aromatic amines is 1. The van der Waals surface area contributed by atoms with Gasteiger partial charge in [-0.1, -0.05) is 18.2 Å². The fraction of sp³-hybridized carbons (Fsp3) is 0.222. The van der Waals surface area contributed by atoms with Crippen LogP contribution >= 0.6 is 0 Å². The predicted octanol–water partition coefficient (Wildman–Crippen LogP) is 2.42. The third kappa shape index (κ3) is 4.35. The van der Waals surface area contributed by atoms with Gasteiger partial charge in [-0.05, 0) is 61.1 Å². The van der Waals surface area contributed by atoms with Crippen LogP contribution in [0.15, 0.2) is 51.9 Å². The first-order chi connectivity index (χ1) is 18.8. The second-order valence-electron chi connectivity index (χ2n) is 9.45. The van der Waals surface area contributed by atoms with E-state index in [1.165, 1.54) is 16.9 Å². The standard InChI is InChI=1S/C27H23N7O5/c1-13-16(14(2)35)4-5-18-17(13)6-7-19(18)31-25(37)22-10-21(32-26-29-12-30-34(22)26)24(36)28-11-15-3-8-23-20(9-15)33-27(38)39-23/h3-5,8-10,12,19H,6-7,11H2,1-2H3,(H,28,36)(H,31,37)(H,33,38)/t19-/m0/s1. The number of rotatable bonds is 6. The quantitative estimate of drug-likeness (QED) is 0.284. The number of fused-ring (bicyclic) bond motifs is 3. The van der Waals surface area contributed by atoms with Crippen molar-refractivity contribution in [1.82, 2.24) is 35.2 Å². The van der Waals surface area contributed by atoms with Crippen LogP contribution in [0, 0.1) is 6.92 Å². The maximum Gasteiger partial charge on any atom is 0.417 e. The number of nitrogens with zero attached hydrogens (tertiary/aromatic N) is 4. The van der Waals surface area contributed by atoms with Crippen LogP contribution in [0.4, 0.5) is 0 Å². The summed E-state index contributed by atoms with van der Waals surface area (Å²) >= 11 is 0. The number of hydrogen-bond donors (Lipinski definition) is 3. The zero-order valence-electron chi connectivity index (χ0n) is 21.1. The average molecular weight is 526 g/mol. The van der Waals surface area contributed by atoms with Gasteiger partial charge in [-0.3, -0.25) is 19.4 Å². The van der Waals surface area contributed by atoms with Crippen LogP contribution in [-0.4, -0.2) is 42.2 Å². The van der Waals surface area contributed by atoms with E-state index in [1.54, 1.807) is 31.2 Å². The number of benzene rings is 2. The smallest absolute Gasteiger partial charge is 0.408 e. The molecule has 1 aliphatic rings. The molecule has 5 aromatic rings. The number of ketones is 1. The van der Waals surface area contributed by atoms with E-state index in [2.05, 4.69) is 30.7 Å². The first kappa shape index (κ1) is 24.2. The lowest BCUT2D eigenvalue weighted by atomic mass is 9.96. The van der Waals surface area contributed by atoms with Gasteiger partial charge in [0.1, 0.15) is 17.7 Å². The van der Waals surface area contributed by atoms with Crippen molar-refractivity contribution in [3.8, 4) is 0 Å². The summed E-state index contributed by atoms with van der Waals surface area (Å²) in [6, 6.07) is 9.89. The molecule has 0 saturated carbocycles. The molecule has 3 heterocycles. The summed E-state index contributed by atoms with van der Waals surface area (Å²) in [7, 11) is 0. The van der Waals surface area contributed by atoms with Gasteiger partial charge in [-0.15, -0.1) is 0 Å². The SMILES string of the molecule is CC(=O)c1ccc2c(c1C)CC[C@@H]2NC(=O)c1cc(C(=O)NCc2ccc3oc(=O)[nH]c3c2)nc2ncnn12.